The standard InChI is InChI=1S/C13H25N3/c1-3-5-6-7-8-12(14)11-13-15-9-10-16(13)4-2/h9-10,12H,3-8,11,14H2,1-2H3. The predicted octanol–water partition coefficient (Wildman–Crippen LogP) is 2.74. The summed E-state index contributed by atoms with van der Waals surface area (Å²) in [5.41, 5.74) is 6.12. The Hall–Kier alpha value is -0.830. The maximum absolute atomic E-state index is 6.12. The zero-order valence-corrected chi connectivity index (χ0v) is 10.7. The van der Waals surface area contributed by atoms with E-state index >= 15 is 0 Å². The van der Waals surface area contributed by atoms with Crippen molar-refractivity contribution in [1.82, 2.24) is 9.55 Å². The Morgan fingerprint density at radius 1 is 1.31 bits per heavy atom. The molecule has 1 rings (SSSR count). The summed E-state index contributed by atoms with van der Waals surface area (Å²) in [5, 5.41) is 0. The molecule has 16 heavy (non-hydrogen) atoms. The second-order valence-electron chi connectivity index (χ2n) is 4.44. The summed E-state index contributed by atoms with van der Waals surface area (Å²) in [7, 11) is 0. The molecule has 0 saturated heterocycles. The molecule has 3 heteroatoms. The fourth-order valence-electron chi connectivity index (χ4n) is 1.99. The Balaban J connectivity index is 2.25. The van der Waals surface area contributed by atoms with Gasteiger partial charge in [0.15, 0.2) is 0 Å². The van der Waals surface area contributed by atoms with Crippen molar-refractivity contribution in [3.05, 3.63) is 18.2 Å². The number of aromatic nitrogens is 2. The highest BCUT2D eigenvalue weighted by Crippen LogP contribution is 2.08. The molecule has 0 spiro atoms. The molecule has 1 atom stereocenters. The molecule has 1 heterocycles. The molecule has 92 valence electrons. The smallest absolute Gasteiger partial charge is 0.110 e. The van der Waals surface area contributed by atoms with Crippen molar-refractivity contribution < 1.29 is 0 Å². The zero-order valence-electron chi connectivity index (χ0n) is 10.7. The van der Waals surface area contributed by atoms with Gasteiger partial charge < -0.3 is 10.3 Å². The Morgan fingerprint density at radius 3 is 2.81 bits per heavy atom. The Bertz CT molecular complexity index is 280. The molecule has 0 fully saturated rings. The molecular weight excluding hydrogens is 198 g/mol. The number of hydrogen-bond donors (Lipinski definition) is 1. The molecule has 0 radical (unpaired) electrons. The molecule has 0 aliphatic rings. The molecule has 2 N–H and O–H groups in total. The summed E-state index contributed by atoms with van der Waals surface area (Å²) in [6.07, 6.45) is 11.1. The van der Waals surface area contributed by atoms with Gasteiger partial charge in [0.25, 0.3) is 0 Å². The first-order valence-electron chi connectivity index (χ1n) is 6.53. The van der Waals surface area contributed by atoms with Crippen LogP contribution in [-0.2, 0) is 13.0 Å². The molecule has 0 saturated carbocycles. The van der Waals surface area contributed by atoms with E-state index in [0.29, 0.717) is 0 Å². The molecule has 1 unspecified atom stereocenters. The van der Waals surface area contributed by atoms with Crippen LogP contribution in [0.2, 0.25) is 0 Å². The van der Waals surface area contributed by atoms with E-state index in [2.05, 4.69) is 23.4 Å². The minimum Gasteiger partial charge on any atom is -0.335 e. The predicted molar refractivity (Wildman–Crippen MR) is 68.3 cm³/mol. The van der Waals surface area contributed by atoms with Crippen LogP contribution in [0.4, 0.5) is 0 Å². The van der Waals surface area contributed by atoms with Crippen LogP contribution in [0.5, 0.6) is 0 Å². The van der Waals surface area contributed by atoms with Crippen LogP contribution in [0, 0.1) is 0 Å². The normalized spacial score (nSPS) is 12.9. The third-order valence-electron chi connectivity index (χ3n) is 3.02. The highest BCUT2D eigenvalue weighted by Gasteiger charge is 2.07. The Kier molecular flexibility index (Phi) is 6.16. The van der Waals surface area contributed by atoms with Gasteiger partial charge in [-0.3, -0.25) is 0 Å². The van der Waals surface area contributed by atoms with Crippen molar-refractivity contribution >= 4 is 0 Å². The highest BCUT2D eigenvalue weighted by molar-refractivity contribution is 4.94. The SMILES string of the molecule is CCCCCCC(N)Cc1nccn1CC. The topological polar surface area (TPSA) is 43.8 Å². The van der Waals surface area contributed by atoms with Gasteiger partial charge in [0.1, 0.15) is 5.82 Å². The van der Waals surface area contributed by atoms with Crippen LogP contribution in [-0.4, -0.2) is 15.6 Å². The van der Waals surface area contributed by atoms with Crippen LogP contribution in [0.15, 0.2) is 12.4 Å². The van der Waals surface area contributed by atoms with Crippen molar-refractivity contribution in [2.75, 3.05) is 0 Å². The Morgan fingerprint density at radius 2 is 2.12 bits per heavy atom. The first-order valence-corrected chi connectivity index (χ1v) is 6.53. The first kappa shape index (κ1) is 13.2. The van der Waals surface area contributed by atoms with Gasteiger partial charge in [-0.05, 0) is 13.3 Å². The van der Waals surface area contributed by atoms with Gasteiger partial charge in [-0.2, -0.15) is 0 Å². The van der Waals surface area contributed by atoms with E-state index in [1.165, 1.54) is 25.7 Å². The lowest BCUT2D eigenvalue weighted by molar-refractivity contribution is 0.526. The van der Waals surface area contributed by atoms with Gasteiger partial charge in [0.05, 0.1) is 0 Å². The van der Waals surface area contributed by atoms with E-state index in [4.69, 9.17) is 5.73 Å². The number of hydrogen-bond acceptors (Lipinski definition) is 2. The summed E-state index contributed by atoms with van der Waals surface area (Å²) < 4.78 is 2.17. The third-order valence-corrected chi connectivity index (χ3v) is 3.02. The molecule has 0 aliphatic carbocycles. The third kappa shape index (κ3) is 4.35. The van der Waals surface area contributed by atoms with E-state index in [-0.39, 0.29) is 6.04 Å². The molecule has 0 amide bonds. The largest absolute Gasteiger partial charge is 0.335 e. The fraction of sp³-hybridized carbons (Fsp3) is 0.769. The monoisotopic (exact) mass is 223 g/mol. The van der Waals surface area contributed by atoms with Crippen LogP contribution in [0.3, 0.4) is 0 Å². The first-order chi connectivity index (χ1) is 7.77. The number of nitrogens with two attached hydrogens (primary N) is 1. The fourth-order valence-corrected chi connectivity index (χ4v) is 1.99. The number of nitrogens with zero attached hydrogens (tertiary/aromatic N) is 2. The van der Waals surface area contributed by atoms with Gasteiger partial charge in [-0.25, -0.2) is 4.98 Å². The van der Waals surface area contributed by atoms with Crippen LogP contribution < -0.4 is 5.73 Å². The number of aryl methyl sites for hydroxylation is 1. The van der Waals surface area contributed by atoms with E-state index < -0.39 is 0 Å². The summed E-state index contributed by atoms with van der Waals surface area (Å²) in [6, 6.07) is 0.268. The summed E-state index contributed by atoms with van der Waals surface area (Å²) in [5.74, 6) is 1.13. The van der Waals surface area contributed by atoms with Crippen molar-refractivity contribution in [3.63, 3.8) is 0 Å². The minimum absolute atomic E-state index is 0.268. The van der Waals surface area contributed by atoms with E-state index in [1.54, 1.807) is 0 Å². The lowest BCUT2D eigenvalue weighted by Gasteiger charge is -2.12. The van der Waals surface area contributed by atoms with Crippen molar-refractivity contribution in [2.45, 2.75) is 65.0 Å². The summed E-state index contributed by atoms with van der Waals surface area (Å²) in [4.78, 5) is 4.35. The van der Waals surface area contributed by atoms with Crippen LogP contribution in [0.1, 0.15) is 51.8 Å². The number of imidazole rings is 1. The molecule has 0 bridgehead atoms. The van der Waals surface area contributed by atoms with Crippen LogP contribution >= 0.6 is 0 Å². The number of rotatable bonds is 8. The molecule has 1 aromatic heterocycles. The quantitative estimate of drug-likeness (QED) is 0.689. The summed E-state index contributed by atoms with van der Waals surface area (Å²) >= 11 is 0. The molecule has 0 aromatic carbocycles. The average Bonchev–Trinajstić information content (AvgIpc) is 2.71. The van der Waals surface area contributed by atoms with E-state index in [0.717, 1.165) is 25.2 Å². The highest BCUT2D eigenvalue weighted by atomic mass is 15.1. The maximum atomic E-state index is 6.12. The van der Waals surface area contributed by atoms with Crippen molar-refractivity contribution in [3.8, 4) is 0 Å². The maximum Gasteiger partial charge on any atom is 0.110 e. The molecular formula is C13H25N3. The second-order valence-corrected chi connectivity index (χ2v) is 4.44. The molecule has 1 aromatic rings. The molecule has 3 nitrogen and oxygen atoms in total. The Labute approximate surface area is 99.1 Å². The summed E-state index contributed by atoms with van der Waals surface area (Å²) in [6.45, 7) is 5.35. The average molecular weight is 223 g/mol. The second kappa shape index (κ2) is 7.44. The van der Waals surface area contributed by atoms with E-state index in [9.17, 15) is 0 Å². The van der Waals surface area contributed by atoms with Gasteiger partial charge in [0, 0.05) is 31.4 Å². The molecule has 0 aliphatic heterocycles. The van der Waals surface area contributed by atoms with Gasteiger partial charge in [-0.1, -0.05) is 32.6 Å². The van der Waals surface area contributed by atoms with Crippen molar-refractivity contribution in [2.24, 2.45) is 5.73 Å². The number of unbranched alkanes of at least 4 members (excludes halogenated alkanes) is 3. The zero-order chi connectivity index (χ0) is 11.8. The lowest BCUT2D eigenvalue weighted by atomic mass is 10.1. The van der Waals surface area contributed by atoms with E-state index in [1.807, 2.05) is 12.4 Å². The van der Waals surface area contributed by atoms with Gasteiger partial charge in [0.2, 0.25) is 0 Å². The van der Waals surface area contributed by atoms with Crippen molar-refractivity contribution in [1.29, 1.82) is 0 Å². The van der Waals surface area contributed by atoms with Crippen LogP contribution in [0.25, 0.3) is 0 Å². The minimum atomic E-state index is 0.268. The lowest BCUT2D eigenvalue weighted by Crippen LogP contribution is -2.24. The van der Waals surface area contributed by atoms with Gasteiger partial charge in [-0.15, -0.1) is 0 Å². The van der Waals surface area contributed by atoms with Gasteiger partial charge >= 0.3 is 0 Å².